The van der Waals surface area contributed by atoms with E-state index in [2.05, 4.69) is 20.9 Å². The summed E-state index contributed by atoms with van der Waals surface area (Å²) in [6, 6.07) is 12.5. The van der Waals surface area contributed by atoms with Crippen molar-refractivity contribution in [3.05, 3.63) is 59.5 Å². The van der Waals surface area contributed by atoms with Crippen molar-refractivity contribution in [1.82, 2.24) is 9.88 Å². The molecule has 2 aromatic rings. The van der Waals surface area contributed by atoms with Crippen molar-refractivity contribution in [2.75, 3.05) is 31.1 Å². The van der Waals surface area contributed by atoms with E-state index in [4.69, 9.17) is 5.26 Å². The number of pyridine rings is 1. The van der Waals surface area contributed by atoms with E-state index in [1.165, 1.54) is 6.07 Å². The lowest BCUT2D eigenvalue weighted by atomic mass is 10.2. The van der Waals surface area contributed by atoms with Crippen LogP contribution in [0.15, 0.2) is 42.6 Å². The molecule has 1 fully saturated rings. The zero-order chi connectivity index (χ0) is 15.4. The molecule has 2 heterocycles. The Balaban J connectivity index is 1.57. The van der Waals surface area contributed by atoms with Gasteiger partial charge in [0.1, 0.15) is 17.7 Å². The fraction of sp³-hybridized carbons (Fsp3) is 0.294. The predicted molar refractivity (Wildman–Crippen MR) is 82.8 cm³/mol. The molecule has 0 bridgehead atoms. The summed E-state index contributed by atoms with van der Waals surface area (Å²) in [4.78, 5) is 8.86. The lowest BCUT2D eigenvalue weighted by Gasteiger charge is -2.35. The summed E-state index contributed by atoms with van der Waals surface area (Å²) < 4.78 is 13.2. The molecular formula is C17H17FN4. The number of nitriles is 1. The van der Waals surface area contributed by atoms with E-state index in [0.717, 1.165) is 44.1 Å². The van der Waals surface area contributed by atoms with Crippen LogP contribution >= 0.6 is 0 Å². The molecule has 0 atom stereocenters. The topological polar surface area (TPSA) is 43.2 Å². The van der Waals surface area contributed by atoms with Gasteiger partial charge in [-0.15, -0.1) is 0 Å². The number of anilines is 1. The van der Waals surface area contributed by atoms with Crippen LogP contribution in [0, 0.1) is 17.1 Å². The number of aromatic nitrogens is 1. The van der Waals surface area contributed by atoms with Crippen LogP contribution in [0.5, 0.6) is 0 Å². The Bertz CT molecular complexity index is 670. The minimum atomic E-state index is -0.182. The van der Waals surface area contributed by atoms with Gasteiger partial charge >= 0.3 is 0 Å². The molecule has 0 N–H and O–H groups in total. The van der Waals surface area contributed by atoms with Crippen molar-refractivity contribution >= 4 is 5.82 Å². The summed E-state index contributed by atoms with van der Waals surface area (Å²) >= 11 is 0. The monoisotopic (exact) mass is 296 g/mol. The molecule has 3 rings (SSSR count). The molecule has 1 aromatic heterocycles. The Hall–Kier alpha value is -2.45. The van der Waals surface area contributed by atoms with Gasteiger partial charge in [-0.05, 0) is 29.8 Å². The highest BCUT2D eigenvalue weighted by Gasteiger charge is 2.18. The molecule has 0 spiro atoms. The summed E-state index contributed by atoms with van der Waals surface area (Å²) in [6.45, 7) is 4.37. The third kappa shape index (κ3) is 3.41. The van der Waals surface area contributed by atoms with E-state index in [9.17, 15) is 4.39 Å². The molecule has 1 aliphatic heterocycles. The van der Waals surface area contributed by atoms with Crippen LogP contribution in [-0.2, 0) is 6.54 Å². The average molecular weight is 296 g/mol. The maximum absolute atomic E-state index is 13.2. The fourth-order valence-corrected chi connectivity index (χ4v) is 2.67. The van der Waals surface area contributed by atoms with Gasteiger partial charge in [0, 0.05) is 38.9 Å². The first-order chi connectivity index (χ1) is 10.7. The van der Waals surface area contributed by atoms with E-state index >= 15 is 0 Å². The summed E-state index contributed by atoms with van der Waals surface area (Å²) in [6.07, 6.45) is 1.61. The average Bonchev–Trinajstić information content (AvgIpc) is 2.56. The number of nitrogens with zero attached hydrogens (tertiary/aromatic N) is 4. The highest BCUT2D eigenvalue weighted by atomic mass is 19.1. The molecule has 22 heavy (non-hydrogen) atoms. The van der Waals surface area contributed by atoms with Crippen molar-refractivity contribution in [1.29, 1.82) is 5.26 Å². The lowest BCUT2D eigenvalue weighted by Crippen LogP contribution is -2.46. The molecule has 5 heteroatoms. The van der Waals surface area contributed by atoms with Gasteiger partial charge in [0.05, 0.1) is 5.56 Å². The molecule has 0 saturated carbocycles. The summed E-state index contributed by atoms with van der Waals surface area (Å²) in [5.74, 6) is 0.724. The SMILES string of the molecule is N#Cc1ccc(N2CCN(Cc3cccc(F)c3)CC2)nc1. The maximum atomic E-state index is 13.2. The molecule has 0 unspecified atom stereocenters. The largest absolute Gasteiger partial charge is 0.354 e. The van der Waals surface area contributed by atoms with Crippen LogP contribution in [0.2, 0.25) is 0 Å². The van der Waals surface area contributed by atoms with Crippen LogP contribution in [0.3, 0.4) is 0 Å². The molecule has 1 aromatic carbocycles. The molecule has 0 radical (unpaired) electrons. The van der Waals surface area contributed by atoms with E-state index in [-0.39, 0.29) is 5.82 Å². The van der Waals surface area contributed by atoms with Crippen LogP contribution in [0.25, 0.3) is 0 Å². The summed E-state index contributed by atoms with van der Waals surface area (Å²) in [5, 5.41) is 8.80. The zero-order valence-corrected chi connectivity index (χ0v) is 12.2. The molecule has 112 valence electrons. The van der Waals surface area contributed by atoms with Gasteiger partial charge in [-0.1, -0.05) is 12.1 Å². The Labute approximate surface area is 129 Å². The van der Waals surface area contributed by atoms with E-state index in [1.54, 1.807) is 24.4 Å². The van der Waals surface area contributed by atoms with Crippen molar-refractivity contribution in [3.8, 4) is 6.07 Å². The van der Waals surface area contributed by atoms with E-state index < -0.39 is 0 Å². The zero-order valence-electron chi connectivity index (χ0n) is 12.2. The highest BCUT2D eigenvalue weighted by Crippen LogP contribution is 2.15. The molecule has 0 aliphatic carbocycles. The van der Waals surface area contributed by atoms with Gasteiger partial charge in [0.15, 0.2) is 0 Å². The lowest BCUT2D eigenvalue weighted by molar-refractivity contribution is 0.249. The van der Waals surface area contributed by atoms with Crippen LogP contribution in [0.4, 0.5) is 10.2 Å². The second kappa shape index (κ2) is 6.54. The van der Waals surface area contributed by atoms with Gasteiger partial charge in [0.25, 0.3) is 0 Å². The second-order valence-corrected chi connectivity index (χ2v) is 5.41. The normalized spacial score (nSPS) is 15.5. The maximum Gasteiger partial charge on any atom is 0.128 e. The fourth-order valence-electron chi connectivity index (χ4n) is 2.67. The van der Waals surface area contributed by atoms with Gasteiger partial charge < -0.3 is 4.90 Å². The summed E-state index contributed by atoms with van der Waals surface area (Å²) in [7, 11) is 0. The highest BCUT2D eigenvalue weighted by molar-refractivity contribution is 5.42. The Morgan fingerprint density at radius 2 is 1.95 bits per heavy atom. The van der Waals surface area contributed by atoms with Gasteiger partial charge in [-0.2, -0.15) is 5.26 Å². The van der Waals surface area contributed by atoms with Gasteiger partial charge in [-0.3, -0.25) is 4.90 Å². The minimum absolute atomic E-state index is 0.182. The number of halogens is 1. The van der Waals surface area contributed by atoms with Crippen molar-refractivity contribution < 1.29 is 4.39 Å². The van der Waals surface area contributed by atoms with Crippen LogP contribution in [-0.4, -0.2) is 36.1 Å². The van der Waals surface area contributed by atoms with Crippen molar-refractivity contribution in [2.24, 2.45) is 0 Å². The standard InChI is InChI=1S/C17H17FN4/c18-16-3-1-2-14(10-16)13-21-6-8-22(9-7-21)17-5-4-15(11-19)12-20-17/h1-5,10,12H,6-9,13H2. The summed E-state index contributed by atoms with van der Waals surface area (Å²) in [5.41, 5.74) is 1.58. The minimum Gasteiger partial charge on any atom is -0.354 e. The molecule has 1 saturated heterocycles. The Morgan fingerprint density at radius 1 is 1.14 bits per heavy atom. The number of piperazine rings is 1. The van der Waals surface area contributed by atoms with Gasteiger partial charge in [0.2, 0.25) is 0 Å². The smallest absolute Gasteiger partial charge is 0.128 e. The number of hydrogen-bond acceptors (Lipinski definition) is 4. The van der Waals surface area contributed by atoms with Crippen LogP contribution in [0.1, 0.15) is 11.1 Å². The number of hydrogen-bond donors (Lipinski definition) is 0. The third-order valence-corrected chi connectivity index (χ3v) is 3.87. The van der Waals surface area contributed by atoms with Crippen molar-refractivity contribution in [3.63, 3.8) is 0 Å². The molecule has 1 aliphatic rings. The quantitative estimate of drug-likeness (QED) is 0.872. The van der Waals surface area contributed by atoms with Crippen molar-refractivity contribution in [2.45, 2.75) is 6.54 Å². The van der Waals surface area contributed by atoms with E-state index in [1.807, 2.05) is 12.1 Å². The predicted octanol–water partition coefficient (Wildman–Crippen LogP) is 2.41. The first kappa shape index (κ1) is 14.5. The third-order valence-electron chi connectivity index (χ3n) is 3.87. The Kier molecular flexibility index (Phi) is 4.31. The molecular weight excluding hydrogens is 279 g/mol. The number of rotatable bonds is 3. The second-order valence-electron chi connectivity index (χ2n) is 5.41. The first-order valence-electron chi connectivity index (χ1n) is 7.32. The van der Waals surface area contributed by atoms with Crippen LogP contribution < -0.4 is 4.90 Å². The number of benzene rings is 1. The van der Waals surface area contributed by atoms with E-state index in [0.29, 0.717) is 5.56 Å². The molecule has 4 nitrogen and oxygen atoms in total. The van der Waals surface area contributed by atoms with Gasteiger partial charge in [-0.25, -0.2) is 9.37 Å². The molecule has 0 amide bonds. The first-order valence-corrected chi connectivity index (χ1v) is 7.32. The Morgan fingerprint density at radius 3 is 2.59 bits per heavy atom.